The second-order valence-corrected chi connectivity index (χ2v) is 7.88. The van der Waals surface area contributed by atoms with Crippen LogP contribution in [0.4, 0.5) is 10.5 Å². The first-order valence-electron chi connectivity index (χ1n) is 9.69. The number of aliphatic hydroxyl groups excluding tert-OH is 1. The maximum absolute atomic E-state index is 13.3. The Morgan fingerprint density at radius 3 is 2.63 bits per heavy atom. The van der Waals surface area contributed by atoms with Gasteiger partial charge in [0, 0.05) is 36.6 Å². The van der Waals surface area contributed by atoms with E-state index < -0.39 is 18.2 Å². The van der Waals surface area contributed by atoms with E-state index in [1.165, 1.54) is 9.80 Å². The molecule has 0 saturated carbocycles. The molecule has 0 spiro atoms. The summed E-state index contributed by atoms with van der Waals surface area (Å²) in [4.78, 5) is 37.2. The molecule has 3 aliphatic heterocycles. The number of rotatable bonds is 5. The monoisotopic (exact) mass is 433 g/mol. The lowest BCUT2D eigenvalue weighted by Crippen LogP contribution is -2.64. The Bertz CT molecular complexity index is 978. The molecule has 1 saturated heterocycles. The molecule has 3 heterocycles. The van der Waals surface area contributed by atoms with Crippen LogP contribution < -0.4 is 9.64 Å². The Morgan fingerprint density at radius 1 is 1.23 bits per heavy atom. The van der Waals surface area contributed by atoms with Gasteiger partial charge in [-0.3, -0.25) is 19.5 Å². The Kier molecular flexibility index (Phi) is 5.11. The van der Waals surface area contributed by atoms with Gasteiger partial charge < -0.3 is 14.7 Å². The van der Waals surface area contributed by atoms with E-state index >= 15 is 0 Å². The van der Waals surface area contributed by atoms with Crippen LogP contribution in [0.2, 0.25) is 5.02 Å². The highest BCUT2D eigenvalue weighted by molar-refractivity contribution is 6.31. The van der Waals surface area contributed by atoms with Gasteiger partial charge in [0.05, 0.1) is 12.8 Å². The topological polar surface area (TPSA) is 88.9 Å². The predicted octanol–water partition coefficient (Wildman–Crippen LogP) is 2.06. The molecule has 2 atom stereocenters. The van der Waals surface area contributed by atoms with E-state index in [0.29, 0.717) is 28.8 Å². The van der Waals surface area contributed by atoms with Crippen LogP contribution in [0, 0.1) is 0 Å². The fourth-order valence-corrected chi connectivity index (χ4v) is 4.34. The second kappa shape index (κ2) is 7.48. The number of carbonyl (C=O) groups excluding carboxylic acids is 2. The highest BCUT2D eigenvalue weighted by Crippen LogP contribution is 2.43. The molecule has 3 amide bonds. The number of urea groups is 1. The van der Waals surface area contributed by atoms with Crippen molar-refractivity contribution < 1.29 is 19.4 Å². The molecule has 160 valence electrons. The summed E-state index contributed by atoms with van der Waals surface area (Å²) in [5.41, 5.74) is 2.46. The van der Waals surface area contributed by atoms with E-state index in [-0.39, 0.29) is 19.1 Å². The molecule has 0 aliphatic carbocycles. The number of benzene rings is 1. The number of imide groups is 1. The lowest BCUT2D eigenvalue weighted by atomic mass is 10.1. The van der Waals surface area contributed by atoms with Crippen LogP contribution in [-0.2, 0) is 4.79 Å². The van der Waals surface area contributed by atoms with Crippen molar-refractivity contribution in [2.24, 2.45) is 4.99 Å². The van der Waals surface area contributed by atoms with Gasteiger partial charge in [-0.05, 0) is 38.5 Å². The number of ether oxygens (including phenoxy) is 1. The third kappa shape index (κ3) is 2.84. The molecule has 4 rings (SSSR count). The summed E-state index contributed by atoms with van der Waals surface area (Å²) in [6.07, 6.45) is -0.308. The minimum atomic E-state index is -0.661. The number of aliphatic imine (C=N–C) groups is 1. The Labute approximate surface area is 179 Å². The fraction of sp³-hybridized carbons (Fsp3) is 0.450. The van der Waals surface area contributed by atoms with Crippen molar-refractivity contribution >= 4 is 35.2 Å². The molecule has 0 bridgehead atoms. The normalized spacial score (nSPS) is 23.3. The van der Waals surface area contributed by atoms with Crippen LogP contribution in [-0.4, -0.2) is 77.2 Å². The first-order valence-corrected chi connectivity index (χ1v) is 10.1. The molecule has 30 heavy (non-hydrogen) atoms. The van der Waals surface area contributed by atoms with Crippen LogP contribution in [0.3, 0.4) is 0 Å². The number of carbonyl (C=O) groups is 2. The Hall–Kier alpha value is -2.78. The van der Waals surface area contributed by atoms with E-state index in [9.17, 15) is 9.59 Å². The quantitative estimate of drug-likeness (QED) is 0.764. The number of amides is 3. The molecule has 1 aromatic carbocycles. The van der Waals surface area contributed by atoms with Crippen molar-refractivity contribution in [3.8, 4) is 5.75 Å². The maximum Gasteiger partial charge on any atom is 0.328 e. The van der Waals surface area contributed by atoms with Crippen LogP contribution in [0.15, 0.2) is 34.6 Å². The number of nitrogens with zero attached hydrogens (tertiary/aromatic N) is 5. The molecule has 10 heteroatoms. The number of aliphatic hydroxyl groups is 1. The largest absolute Gasteiger partial charge is 0.495 e. The lowest BCUT2D eigenvalue weighted by molar-refractivity contribution is -0.136. The van der Waals surface area contributed by atoms with E-state index in [2.05, 4.69) is 0 Å². The number of hydrogen-bond donors (Lipinski definition) is 1. The van der Waals surface area contributed by atoms with Gasteiger partial charge in [0.1, 0.15) is 5.75 Å². The number of allylic oxidation sites excluding steroid dienone is 2. The number of hydrogen-bond acceptors (Lipinski definition) is 7. The van der Waals surface area contributed by atoms with E-state index in [4.69, 9.17) is 26.4 Å². The van der Waals surface area contributed by atoms with Gasteiger partial charge in [-0.25, -0.2) is 9.79 Å². The molecule has 2 unspecified atom stereocenters. The third-order valence-corrected chi connectivity index (χ3v) is 6.05. The molecule has 1 N–H and O–H groups in total. The van der Waals surface area contributed by atoms with Crippen molar-refractivity contribution in [2.45, 2.75) is 32.5 Å². The number of guanidine groups is 1. The van der Waals surface area contributed by atoms with Crippen LogP contribution in [0.1, 0.15) is 20.3 Å². The fourth-order valence-electron chi connectivity index (χ4n) is 4.17. The number of halogens is 1. The van der Waals surface area contributed by atoms with Crippen LogP contribution in [0.25, 0.3) is 0 Å². The molecule has 3 aliphatic rings. The number of methoxy groups -OCH3 is 1. The SMILES string of the molecule is COc1ccc(Cl)cc1N1C2=NC3C(C(=O)N(CCCO)C(=O)N3C)N2C(C)=C1C. The average molecular weight is 434 g/mol. The van der Waals surface area contributed by atoms with Crippen molar-refractivity contribution in [3.63, 3.8) is 0 Å². The minimum absolute atomic E-state index is 0.0965. The van der Waals surface area contributed by atoms with Crippen LogP contribution >= 0.6 is 11.6 Å². The molecule has 0 radical (unpaired) electrons. The molecular formula is C20H24ClN5O4. The minimum Gasteiger partial charge on any atom is -0.495 e. The highest BCUT2D eigenvalue weighted by atomic mass is 35.5. The number of likely N-dealkylation sites (N-methyl/N-ethyl adjacent to an activating group) is 1. The standard InChI is InChI=1S/C20H24ClN5O4/c1-11-12(2)26-16-17(23(3)20(29)24(18(16)28)8-5-9-27)22-19(26)25(11)14-10-13(21)6-7-15(14)30-4/h6-7,10,16-17,27H,5,8-9H2,1-4H3. The summed E-state index contributed by atoms with van der Waals surface area (Å²) in [5.74, 6) is 0.853. The van der Waals surface area contributed by atoms with Crippen molar-refractivity contribution in [1.29, 1.82) is 0 Å². The summed E-state index contributed by atoms with van der Waals surface area (Å²) < 4.78 is 5.52. The first kappa shape index (κ1) is 20.5. The zero-order valence-corrected chi connectivity index (χ0v) is 18.0. The van der Waals surface area contributed by atoms with Gasteiger partial charge in [0.25, 0.3) is 5.91 Å². The van der Waals surface area contributed by atoms with E-state index in [0.717, 1.165) is 11.4 Å². The van der Waals surface area contributed by atoms with Gasteiger partial charge >= 0.3 is 6.03 Å². The predicted molar refractivity (Wildman–Crippen MR) is 112 cm³/mol. The smallest absolute Gasteiger partial charge is 0.328 e. The molecular weight excluding hydrogens is 410 g/mol. The maximum atomic E-state index is 13.3. The van der Waals surface area contributed by atoms with E-state index in [1.54, 1.807) is 32.4 Å². The zero-order chi connectivity index (χ0) is 21.7. The summed E-state index contributed by atoms with van der Waals surface area (Å²) in [5, 5.41) is 9.70. The zero-order valence-electron chi connectivity index (χ0n) is 17.3. The second-order valence-electron chi connectivity index (χ2n) is 7.44. The van der Waals surface area contributed by atoms with Crippen molar-refractivity contribution in [3.05, 3.63) is 34.6 Å². The third-order valence-electron chi connectivity index (χ3n) is 5.81. The van der Waals surface area contributed by atoms with Crippen LogP contribution in [0.5, 0.6) is 5.75 Å². The van der Waals surface area contributed by atoms with Gasteiger partial charge in [-0.1, -0.05) is 11.6 Å². The lowest BCUT2D eigenvalue weighted by Gasteiger charge is -2.40. The molecule has 1 aromatic rings. The van der Waals surface area contributed by atoms with Crippen molar-refractivity contribution in [1.82, 2.24) is 14.7 Å². The first-order chi connectivity index (χ1) is 14.3. The van der Waals surface area contributed by atoms with Crippen molar-refractivity contribution in [2.75, 3.05) is 32.2 Å². The average Bonchev–Trinajstić information content (AvgIpc) is 3.22. The number of fused-ring (bicyclic) bond motifs is 3. The Morgan fingerprint density at radius 2 is 1.97 bits per heavy atom. The summed E-state index contributed by atoms with van der Waals surface area (Å²) in [7, 11) is 3.22. The van der Waals surface area contributed by atoms with Gasteiger partial charge in [0.15, 0.2) is 12.2 Å². The summed E-state index contributed by atoms with van der Waals surface area (Å²) in [6.45, 7) is 3.93. The highest BCUT2D eigenvalue weighted by Gasteiger charge is 2.56. The Balaban J connectivity index is 1.78. The van der Waals surface area contributed by atoms with Gasteiger partial charge in [0.2, 0.25) is 5.96 Å². The van der Waals surface area contributed by atoms with E-state index in [1.807, 2.05) is 23.6 Å². The summed E-state index contributed by atoms with van der Waals surface area (Å²) >= 11 is 6.25. The molecule has 0 aromatic heterocycles. The molecule has 1 fully saturated rings. The van der Waals surface area contributed by atoms with Gasteiger partial charge in [-0.2, -0.15) is 0 Å². The van der Waals surface area contributed by atoms with Gasteiger partial charge in [-0.15, -0.1) is 0 Å². The summed E-state index contributed by atoms with van der Waals surface area (Å²) in [6, 6.07) is 4.24. The number of anilines is 1. The molecule has 9 nitrogen and oxygen atoms in total.